The molecule has 0 aliphatic rings. The molecule has 0 radical (unpaired) electrons. The Kier molecular flexibility index (Phi) is 2.40. The molecule has 0 fully saturated rings. The lowest BCUT2D eigenvalue weighted by Gasteiger charge is -2.05. The number of nitrogens with zero attached hydrogens (tertiary/aromatic N) is 2. The van der Waals surface area contributed by atoms with E-state index in [2.05, 4.69) is 9.97 Å². The fourth-order valence-electron chi connectivity index (χ4n) is 1.28. The van der Waals surface area contributed by atoms with Crippen molar-refractivity contribution < 1.29 is 4.74 Å². The Labute approximate surface area is 82.4 Å². The molecule has 70 valence electrons. The first-order chi connectivity index (χ1) is 6.92. The number of hydrogen-bond donors (Lipinski definition) is 0. The van der Waals surface area contributed by atoms with Crippen molar-refractivity contribution >= 4 is 0 Å². The number of methoxy groups -OCH3 is 1. The minimum atomic E-state index is 0.693. The molecule has 2 aromatic rings. The van der Waals surface area contributed by atoms with Gasteiger partial charge in [-0.2, -0.15) is 0 Å². The molecule has 1 aromatic heterocycles. The predicted molar refractivity (Wildman–Crippen MR) is 54.0 cm³/mol. The van der Waals surface area contributed by atoms with Crippen LogP contribution in [0.5, 0.6) is 5.75 Å². The van der Waals surface area contributed by atoms with Crippen LogP contribution >= 0.6 is 0 Å². The third-order valence-corrected chi connectivity index (χ3v) is 1.95. The second kappa shape index (κ2) is 3.87. The number of benzene rings is 1. The third-order valence-electron chi connectivity index (χ3n) is 1.95. The van der Waals surface area contributed by atoms with Gasteiger partial charge in [0.25, 0.3) is 0 Å². The van der Waals surface area contributed by atoms with Crippen molar-refractivity contribution in [3.8, 4) is 17.0 Å². The third kappa shape index (κ3) is 1.57. The molecule has 0 saturated carbocycles. The fourth-order valence-corrected chi connectivity index (χ4v) is 1.28. The molecule has 0 aliphatic carbocycles. The standard InChI is InChI=1S/C11H10N2O/c1-14-10-7-12-8-13-11(10)9-5-3-2-4-6-9/h2-8H,1H3. The number of ether oxygens (including phenoxy) is 1. The summed E-state index contributed by atoms with van der Waals surface area (Å²) in [5.74, 6) is 0.693. The molecule has 3 heteroatoms. The van der Waals surface area contributed by atoms with Crippen LogP contribution in [0.1, 0.15) is 0 Å². The van der Waals surface area contributed by atoms with E-state index in [0.29, 0.717) is 5.75 Å². The largest absolute Gasteiger partial charge is 0.493 e. The molecule has 0 atom stereocenters. The van der Waals surface area contributed by atoms with Gasteiger partial charge in [0.2, 0.25) is 0 Å². The Balaban J connectivity index is 2.51. The van der Waals surface area contributed by atoms with Gasteiger partial charge in [-0.25, -0.2) is 9.97 Å². The summed E-state index contributed by atoms with van der Waals surface area (Å²) in [6, 6.07) is 9.89. The molecular formula is C11H10N2O. The molecule has 0 spiro atoms. The van der Waals surface area contributed by atoms with Crippen LogP contribution in [0.2, 0.25) is 0 Å². The molecule has 3 nitrogen and oxygen atoms in total. The highest BCUT2D eigenvalue weighted by Gasteiger charge is 2.05. The van der Waals surface area contributed by atoms with Crippen LogP contribution in [-0.4, -0.2) is 17.1 Å². The van der Waals surface area contributed by atoms with Gasteiger partial charge in [-0.05, 0) is 0 Å². The van der Waals surface area contributed by atoms with Gasteiger partial charge in [-0.15, -0.1) is 0 Å². The first-order valence-corrected chi connectivity index (χ1v) is 4.31. The zero-order chi connectivity index (χ0) is 9.80. The van der Waals surface area contributed by atoms with Crippen molar-refractivity contribution in [2.24, 2.45) is 0 Å². The van der Waals surface area contributed by atoms with Crippen molar-refractivity contribution in [1.82, 2.24) is 9.97 Å². The Morgan fingerprint density at radius 2 is 1.93 bits per heavy atom. The lowest BCUT2D eigenvalue weighted by molar-refractivity contribution is 0.412. The lowest BCUT2D eigenvalue weighted by Crippen LogP contribution is -1.91. The minimum absolute atomic E-state index is 0.693. The van der Waals surface area contributed by atoms with E-state index >= 15 is 0 Å². The molecule has 0 saturated heterocycles. The van der Waals surface area contributed by atoms with Gasteiger partial charge >= 0.3 is 0 Å². The molecule has 0 bridgehead atoms. The van der Waals surface area contributed by atoms with Crippen LogP contribution in [0.3, 0.4) is 0 Å². The van der Waals surface area contributed by atoms with Crippen LogP contribution < -0.4 is 4.74 Å². The predicted octanol–water partition coefficient (Wildman–Crippen LogP) is 2.15. The summed E-state index contributed by atoms with van der Waals surface area (Å²) >= 11 is 0. The van der Waals surface area contributed by atoms with Gasteiger partial charge < -0.3 is 4.74 Å². The SMILES string of the molecule is COc1cncnc1-c1ccccc1. The van der Waals surface area contributed by atoms with Crippen LogP contribution in [0.4, 0.5) is 0 Å². The smallest absolute Gasteiger partial charge is 0.163 e. The lowest BCUT2D eigenvalue weighted by atomic mass is 10.1. The van der Waals surface area contributed by atoms with Crippen LogP contribution in [-0.2, 0) is 0 Å². The quantitative estimate of drug-likeness (QED) is 0.720. The van der Waals surface area contributed by atoms with Crippen molar-refractivity contribution in [3.63, 3.8) is 0 Å². The molecule has 0 unspecified atom stereocenters. The van der Waals surface area contributed by atoms with Gasteiger partial charge in [-0.3, -0.25) is 0 Å². The van der Waals surface area contributed by atoms with Crippen LogP contribution in [0, 0.1) is 0 Å². The van der Waals surface area contributed by atoms with Crippen molar-refractivity contribution in [3.05, 3.63) is 42.9 Å². The van der Waals surface area contributed by atoms with E-state index in [0.717, 1.165) is 11.3 Å². The molecule has 2 rings (SSSR count). The molecule has 1 aromatic carbocycles. The summed E-state index contributed by atoms with van der Waals surface area (Å²) in [4.78, 5) is 8.09. The van der Waals surface area contributed by atoms with Gasteiger partial charge in [0.05, 0.1) is 13.3 Å². The van der Waals surface area contributed by atoms with E-state index in [9.17, 15) is 0 Å². The topological polar surface area (TPSA) is 35.0 Å². The van der Waals surface area contributed by atoms with E-state index < -0.39 is 0 Å². The highest BCUT2D eigenvalue weighted by molar-refractivity contribution is 5.65. The van der Waals surface area contributed by atoms with E-state index in [1.165, 1.54) is 6.33 Å². The summed E-state index contributed by atoms with van der Waals surface area (Å²) in [5, 5.41) is 0. The highest BCUT2D eigenvalue weighted by Crippen LogP contribution is 2.25. The van der Waals surface area contributed by atoms with E-state index in [-0.39, 0.29) is 0 Å². The first-order valence-electron chi connectivity index (χ1n) is 4.31. The maximum absolute atomic E-state index is 5.17. The fraction of sp³-hybridized carbons (Fsp3) is 0.0909. The average molecular weight is 186 g/mol. The summed E-state index contributed by atoms with van der Waals surface area (Å²) < 4.78 is 5.17. The maximum atomic E-state index is 5.17. The molecule has 1 heterocycles. The molecular weight excluding hydrogens is 176 g/mol. The first kappa shape index (κ1) is 8.69. The van der Waals surface area contributed by atoms with Crippen molar-refractivity contribution in [2.45, 2.75) is 0 Å². The zero-order valence-electron chi connectivity index (χ0n) is 7.84. The van der Waals surface area contributed by atoms with Crippen molar-refractivity contribution in [2.75, 3.05) is 7.11 Å². The van der Waals surface area contributed by atoms with E-state index in [1.807, 2.05) is 30.3 Å². The van der Waals surface area contributed by atoms with Crippen LogP contribution in [0.15, 0.2) is 42.9 Å². The zero-order valence-corrected chi connectivity index (χ0v) is 7.84. The summed E-state index contributed by atoms with van der Waals surface area (Å²) in [7, 11) is 1.62. The van der Waals surface area contributed by atoms with Crippen molar-refractivity contribution in [1.29, 1.82) is 0 Å². The minimum Gasteiger partial charge on any atom is -0.493 e. The average Bonchev–Trinajstić information content (AvgIpc) is 2.30. The Hall–Kier alpha value is -1.90. The number of hydrogen-bond acceptors (Lipinski definition) is 3. The summed E-state index contributed by atoms with van der Waals surface area (Å²) in [6.45, 7) is 0. The van der Waals surface area contributed by atoms with E-state index in [4.69, 9.17) is 4.74 Å². The normalized spacial score (nSPS) is 9.79. The summed E-state index contributed by atoms with van der Waals surface area (Å²) in [6.07, 6.45) is 3.18. The Bertz CT molecular complexity index is 415. The van der Waals surface area contributed by atoms with E-state index in [1.54, 1.807) is 13.3 Å². The van der Waals surface area contributed by atoms with Gasteiger partial charge in [0.15, 0.2) is 5.75 Å². The van der Waals surface area contributed by atoms with Crippen LogP contribution in [0.25, 0.3) is 11.3 Å². The van der Waals surface area contributed by atoms with Gasteiger partial charge in [-0.1, -0.05) is 30.3 Å². The maximum Gasteiger partial charge on any atom is 0.163 e. The van der Waals surface area contributed by atoms with Gasteiger partial charge in [0.1, 0.15) is 12.0 Å². The molecule has 14 heavy (non-hydrogen) atoms. The Morgan fingerprint density at radius 3 is 2.64 bits per heavy atom. The monoisotopic (exact) mass is 186 g/mol. The summed E-state index contributed by atoms with van der Waals surface area (Å²) in [5.41, 5.74) is 1.86. The second-order valence-corrected chi connectivity index (χ2v) is 2.81. The number of aromatic nitrogens is 2. The second-order valence-electron chi connectivity index (χ2n) is 2.81. The Morgan fingerprint density at radius 1 is 1.14 bits per heavy atom. The highest BCUT2D eigenvalue weighted by atomic mass is 16.5. The molecule has 0 N–H and O–H groups in total. The number of rotatable bonds is 2. The van der Waals surface area contributed by atoms with Gasteiger partial charge in [0, 0.05) is 5.56 Å². The molecule has 0 aliphatic heterocycles. The molecule has 0 amide bonds.